The van der Waals surface area contributed by atoms with Gasteiger partial charge in [0, 0.05) is 5.75 Å². The van der Waals surface area contributed by atoms with Gasteiger partial charge in [-0.15, -0.1) is 0 Å². The van der Waals surface area contributed by atoms with Crippen LogP contribution in [-0.2, 0) is 9.53 Å². The number of oxazole rings is 1. The number of methoxy groups -OCH3 is 1. The summed E-state index contributed by atoms with van der Waals surface area (Å²) >= 11 is 1.42. The highest BCUT2D eigenvalue weighted by Gasteiger charge is 2.15. The smallest absolute Gasteiger partial charge is 0.309 e. The third kappa shape index (κ3) is 2.79. The Bertz CT molecular complexity index is 490. The van der Waals surface area contributed by atoms with Gasteiger partial charge in [0.05, 0.1) is 13.0 Å². The lowest BCUT2D eigenvalue weighted by Crippen LogP contribution is -2.14. The second-order valence-corrected chi connectivity index (χ2v) is 4.65. The molecule has 0 bridgehead atoms. The molecule has 2 aromatic rings. The zero-order valence-corrected chi connectivity index (χ0v) is 10.5. The van der Waals surface area contributed by atoms with Crippen molar-refractivity contribution in [3.8, 4) is 0 Å². The van der Waals surface area contributed by atoms with Crippen LogP contribution in [0.4, 0.5) is 0 Å². The van der Waals surface area contributed by atoms with Crippen LogP contribution in [0.3, 0.4) is 0 Å². The summed E-state index contributed by atoms with van der Waals surface area (Å²) in [5.41, 5.74) is 1.60. The molecule has 0 fully saturated rings. The maximum Gasteiger partial charge on any atom is 0.309 e. The highest BCUT2D eigenvalue weighted by Crippen LogP contribution is 2.24. The summed E-state index contributed by atoms with van der Waals surface area (Å²) in [5, 5.41) is 0.585. The molecule has 4 nitrogen and oxygen atoms in total. The minimum atomic E-state index is -0.214. The van der Waals surface area contributed by atoms with Crippen LogP contribution in [0, 0.1) is 5.92 Å². The topological polar surface area (TPSA) is 52.3 Å². The lowest BCUT2D eigenvalue weighted by atomic mass is 10.2. The summed E-state index contributed by atoms with van der Waals surface area (Å²) in [4.78, 5) is 15.5. The van der Waals surface area contributed by atoms with Gasteiger partial charge in [0.2, 0.25) is 0 Å². The molecule has 0 saturated heterocycles. The number of carbonyl (C=O) groups excluding carboxylic acids is 1. The lowest BCUT2D eigenvalue weighted by molar-refractivity contribution is -0.143. The number of thioether (sulfide) groups is 1. The summed E-state index contributed by atoms with van der Waals surface area (Å²) in [5.74, 6) is 0.216. The average Bonchev–Trinajstić information content (AvgIpc) is 2.77. The van der Waals surface area contributed by atoms with Gasteiger partial charge in [-0.3, -0.25) is 4.79 Å². The van der Waals surface area contributed by atoms with Crippen molar-refractivity contribution in [1.82, 2.24) is 4.98 Å². The highest BCUT2D eigenvalue weighted by atomic mass is 32.2. The van der Waals surface area contributed by atoms with Crippen molar-refractivity contribution in [2.75, 3.05) is 12.9 Å². The molecule has 0 saturated carbocycles. The Balaban J connectivity index is 2.01. The lowest BCUT2D eigenvalue weighted by Gasteiger charge is -2.05. The van der Waals surface area contributed by atoms with E-state index < -0.39 is 0 Å². The molecule has 17 heavy (non-hydrogen) atoms. The number of carbonyl (C=O) groups is 1. The van der Waals surface area contributed by atoms with E-state index in [0.717, 1.165) is 11.1 Å². The van der Waals surface area contributed by atoms with E-state index in [-0.39, 0.29) is 11.9 Å². The van der Waals surface area contributed by atoms with E-state index in [2.05, 4.69) is 9.72 Å². The third-order valence-corrected chi connectivity index (χ3v) is 3.42. The number of esters is 1. The van der Waals surface area contributed by atoms with Crippen LogP contribution in [-0.4, -0.2) is 23.8 Å². The molecule has 0 aliphatic rings. The second-order valence-electron chi connectivity index (χ2n) is 3.68. The Labute approximate surface area is 103 Å². The maximum atomic E-state index is 11.2. The number of aromatic nitrogens is 1. The molecular formula is C12H13NO3S. The fourth-order valence-electron chi connectivity index (χ4n) is 1.38. The summed E-state index contributed by atoms with van der Waals surface area (Å²) in [7, 11) is 1.39. The Morgan fingerprint density at radius 2 is 2.29 bits per heavy atom. The first kappa shape index (κ1) is 12.0. The number of fused-ring (bicyclic) bond motifs is 1. The molecule has 1 unspecified atom stereocenters. The molecule has 0 aliphatic heterocycles. The SMILES string of the molecule is COC(=O)C(C)CSc1nc2ccccc2o1. The van der Waals surface area contributed by atoms with Gasteiger partial charge in [-0.1, -0.05) is 30.8 Å². The molecule has 0 amide bonds. The van der Waals surface area contributed by atoms with Gasteiger partial charge in [-0.25, -0.2) is 4.98 Å². The van der Waals surface area contributed by atoms with Crippen LogP contribution in [0.1, 0.15) is 6.92 Å². The molecular weight excluding hydrogens is 238 g/mol. The quantitative estimate of drug-likeness (QED) is 0.617. The molecule has 1 aromatic carbocycles. The van der Waals surface area contributed by atoms with E-state index in [9.17, 15) is 4.79 Å². The molecule has 5 heteroatoms. The molecule has 1 atom stereocenters. The number of benzene rings is 1. The minimum Gasteiger partial charge on any atom is -0.469 e. The van der Waals surface area contributed by atoms with Gasteiger partial charge in [-0.05, 0) is 12.1 Å². The maximum absolute atomic E-state index is 11.2. The largest absolute Gasteiger partial charge is 0.469 e. The number of ether oxygens (including phenoxy) is 1. The van der Waals surface area contributed by atoms with Gasteiger partial charge >= 0.3 is 5.97 Å². The standard InChI is InChI=1S/C12H13NO3S/c1-8(11(14)15-2)7-17-12-13-9-5-3-4-6-10(9)16-12/h3-6,8H,7H2,1-2H3. The van der Waals surface area contributed by atoms with E-state index >= 15 is 0 Å². The summed E-state index contributed by atoms with van der Waals surface area (Å²) in [6.07, 6.45) is 0. The Morgan fingerprint density at radius 1 is 1.53 bits per heavy atom. The molecule has 2 rings (SSSR count). The first-order valence-corrected chi connectivity index (χ1v) is 6.25. The van der Waals surface area contributed by atoms with Gasteiger partial charge < -0.3 is 9.15 Å². The van der Waals surface area contributed by atoms with Crippen LogP contribution in [0.2, 0.25) is 0 Å². The summed E-state index contributed by atoms with van der Waals surface area (Å²) in [6, 6.07) is 7.58. The molecule has 0 N–H and O–H groups in total. The van der Waals surface area contributed by atoms with Crippen molar-refractivity contribution in [1.29, 1.82) is 0 Å². The van der Waals surface area contributed by atoms with Crippen molar-refractivity contribution in [3.63, 3.8) is 0 Å². The molecule has 0 aliphatic carbocycles. The van der Waals surface area contributed by atoms with E-state index in [1.54, 1.807) is 0 Å². The normalized spacial score (nSPS) is 12.6. The zero-order valence-electron chi connectivity index (χ0n) is 9.67. The van der Waals surface area contributed by atoms with Gasteiger partial charge in [0.15, 0.2) is 5.58 Å². The van der Waals surface area contributed by atoms with E-state index in [1.165, 1.54) is 18.9 Å². The van der Waals surface area contributed by atoms with Crippen molar-refractivity contribution in [2.24, 2.45) is 5.92 Å². The van der Waals surface area contributed by atoms with Crippen LogP contribution in [0.15, 0.2) is 33.9 Å². The number of hydrogen-bond donors (Lipinski definition) is 0. The van der Waals surface area contributed by atoms with Crippen LogP contribution in [0.5, 0.6) is 0 Å². The first-order valence-electron chi connectivity index (χ1n) is 5.27. The summed E-state index contributed by atoms with van der Waals surface area (Å²) in [6.45, 7) is 1.82. The molecule has 90 valence electrons. The fraction of sp³-hybridized carbons (Fsp3) is 0.333. The highest BCUT2D eigenvalue weighted by molar-refractivity contribution is 7.99. The molecule has 0 radical (unpaired) electrons. The van der Waals surface area contributed by atoms with Gasteiger partial charge in [-0.2, -0.15) is 0 Å². The minimum absolute atomic E-state index is 0.167. The zero-order chi connectivity index (χ0) is 12.3. The van der Waals surface area contributed by atoms with Crippen LogP contribution < -0.4 is 0 Å². The predicted molar refractivity (Wildman–Crippen MR) is 65.9 cm³/mol. The Hall–Kier alpha value is -1.49. The van der Waals surface area contributed by atoms with Gasteiger partial charge in [0.25, 0.3) is 5.22 Å². The van der Waals surface area contributed by atoms with E-state index in [4.69, 9.17) is 4.42 Å². The average molecular weight is 251 g/mol. The number of nitrogens with zero attached hydrogens (tertiary/aromatic N) is 1. The van der Waals surface area contributed by atoms with Crippen LogP contribution in [0.25, 0.3) is 11.1 Å². The molecule has 0 spiro atoms. The van der Waals surface area contributed by atoms with E-state index in [0.29, 0.717) is 11.0 Å². The van der Waals surface area contributed by atoms with Crippen molar-refractivity contribution in [3.05, 3.63) is 24.3 Å². The number of rotatable bonds is 4. The number of hydrogen-bond acceptors (Lipinski definition) is 5. The van der Waals surface area contributed by atoms with Crippen LogP contribution >= 0.6 is 11.8 Å². The third-order valence-electron chi connectivity index (χ3n) is 2.33. The number of para-hydroxylation sites is 2. The summed E-state index contributed by atoms with van der Waals surface area (Å²) < 4.78 is 10.2. The van der Waals surface area contributed by atoms with Crippen molar-refractivity contribution >= 4 is 28.8 Å². The van der Waals surface area contributed by atoms with E-state index in [1.807, 2.05) is 31.2 Å². The monoisotopic (exact) mass is 251 g/mol. The van der Waals surface area contributed by atoms with Gasteiger partial charge in [0.1, 0.15) is 5.52 Å². The Morgan fingerprint density at radius 3 is 3.00 bits per heavy atom. The van der Waals surface area contributed by atoms with Crippen molar-refractivity contribution in [2.45, 2.75) is 12.1 Å². The second kappa shape index (κ2) is 5.23. The van der Waals surface area contributed by atoms with Crippen molar-refractivity contribution < 1.29 is 13.9 Å². The fourth-order valence-corrected chi connectivity index (χ4v) is 2.22. The predicted octanol–water partition coefficient (Wildman–Crippen LogP) is 2.73. The molecule has 1 heterocycles. The Kier molecular flexibility index (Phi) is 3.68. The first-order chi connectivity index (χ1) is 8.20. The molecule has 1 aromatic heterocycles.